The molecule has 1 N–H and O–H groups in total. The number of hydrogen-bond donors (Lipinski definition) is 1. The molecule has 4 aromatic heterocycles. The Bertz CT molecular complexity index is 1040. The Morgan fingerprint density at radius 1 is 1.36 bits per heavy atom. The van der Waals surface area contributed by atoms with E-state index in [2.05, 4.69) is 35.9 Å². The summed E-state index contributed by atoms with van der Waals surface area (Å²) in [6, 6.07) is 3.49. The third-order valence-corrected chi connectivity index (χ3v) is 5.09. The number of thioether (sulfide) groups is 1. The van der Waals surface area contributed by atoms with Crippen LogP contribution in [0.4, 0.5) is 0 Å². The molecule has 0 atom stereocenters. The lowest BCUT2D eigenvalue weighted by Crippen LogP contribution is -2.12. The highest BCUT2D eigenvalue weighted by atomic mass is 79.9. The monoisotopic (exact) mass is 393 g/mol. The standard InChI is InChI=1S/C13H8BrN5OS2/c14-7-3-9-11(15-5-7)18-12(17-9)22-6-8-4-10(20)19-1-2-21-13(19)16-8/h1-5H,6H2,(H,15,17,18). The molecule has 0 saturated heterocycles. The van der Waals surface area contributed by atoms with Crippen LogP contribution < -0.4 is 5.56 Å². The Morgan fingerprint density at radius 3 is 3.18 bits per heavy atom. The van der Waals surface area contributed by atoms with Gasteiger partial charge in [0.15, 0.2) is 15.8 Å². The molecule has 0 saturated carbocycles. The highest BCUT2D eigenvalue weighted by Crippen LogP contribution is 2.23. The average Bonchev–Trinajstić information content (AvgIpc) is 3.10. The molecule has 4 heterocycles. The van der Waals surface area contributed by atoms with E-state index in [0.29, 0.717) is 16.4 Å². The van der Waals surface area contributed by atoms with Crippen LogP contribution in [-0.4, -0.2) is 24.3 Å². The molecular weight excluding hydrogens is 386 g/mol. The number of hydrogen-bond acceptors (Lipinski definition) is 6. The molecule has 0 aliphatic carbocycles. The van der Waals surface area contributed by atoms with Crippen molar-refractivity contribution in [2.45, 2.75) is 10.9 Å². The molecule has 0 bridgehead atoms. The predicted molar refractivity (Wildman–Crippen MR) is 90.5 cm³/mol. The Labute approximate surface area is 140 Å². The van der Waals surface area contributed by atoms with E-state index in [1.165, 1.54) is 23.1 Å². The first-order valence-corrected chi connectivity index (χ1v) is 8.95. The van der Waals surface area contributed by atoms with Crippen molar-refractivity contribution in [3.8, 4) is 0 Å². The number of aromatic amines is 1. The molecule has 0 fully saturated rings. The Morgan fingerprint density at radius 2 is 2.27 bits per heavy atom. The SMILES string of the molecule is O=c1cc(CSc2nc3ncc(Br)cc3[nH]2)nc2sccn12. The van der Waals surface area contributed by atoms with E-state index in [9.17, 15) is 4.79 Å². The first-order chi connectivity index (χ1) is 10.7. The van der Waals surface area contributed by atoms with Crippen molar-refractivity contribution in [1.29, 1.82) is 0 Å². The van der Waals surface area contributed by atoms with E-state index in [-0.39, 0.29) is 5.56 Å². The van der Waals surface area contributed by atoms with Crippen LogP contribution in [-0.2, 0) is 5.75 Å². The fourth-order valence-corrected chi connectivity index (χ4v) is 3.86. The molecule has 0 aromatic carbocycles. The molecule has 0 amide bonds. The van der Waals surface area contributed by atoms with Gasteiger partial charge >= 0.3 is 0 Å². The van der Waals surface area contributed by atoms with Crippen LogP contribution in [0, 0.1) is 0 Å². The van der Waals surface area contributed by atoms with Crippen molar-refractivity contribution in [2.24, 2.45) is 0 Å². The molecule has 4 aromatic rings. The number of nitrogens with zero attached hydrogens (tertiary/aromatic N) is 4. The van der Waals surface area contributed by atoms with Gasteiger partial charge in [-0.3, -0.25) is 9.20 Å². The van der Waals surface area contributed by atoms with Crippen molar-refractivity contribution < 1.29 is 0 Å². The van der Waals surface area contributed by atoms with Gasteiger partial charge < -0.3 is 4.98 Å². The number of halogens is 1. The van der Waals surface area contributed by atoms with Crippen molar-refractivity contribution in [1.82, 2.24) is 24.3 Å². The third-order valence-electron chi connectivity index (χ3n) is 3.00. The van der Waals surface area contributed by atoms with Crippen LogP contribution >= 0.6 is 39.0 Å². The number of thiazole rings is 1. The quantitative estimate of drug-likeness (QED) is 0.541. The average molecular weight is 394 g/mol. The molecule has 0 radical (unpaired) electrons. The van der Waals surface area contributed by atoms with Crippen molar-refractivity contribution in [2.75, 3.05) is 0 Å². The van der Waals surface area contributed by atoms with E-state index in [0.717, 1.165) is 20.8 Å². The third kappa shape index (κ3) is 2.55. The topological polar surface area (TPSA) is 75.9 Å². The van der Waals surface area contributed by atoms with Gasteiger partial charge in [0.05, 0.1) is 11.2 Å². The first-order valence-electron chi connectivity index (χ1n) is 6.29. The lowest BCUT2D eigenvalue weighted by molar-refractivity contribution is 1.03. The summed E-state index contributed by atoms with van der Waals surface area (Å²) in [5.74, 6) is 0.574. The molecule has 6 nitrogen and oxygen atoms in total. The molecule has 0 aliphatic heterocycles. The largest absolute Gasteiger partial charge is 0.331 e. The van der Waals surface area contributed by atoms with Crippen molar-refractivity contribution in [3.05, 3.63) is 50.4 Å². The van der Waals surface area contributed by atoms with Gasteiger partial charge in [0.2, 0.25) is 0 Å². The smallest absolute Gasteiger partial charge is 0.258 e. The summed E-state index contributed by atoms with van der Waals surface area (Å²) in [4.78, 5) is 29.0. The number of aromatic nitrogens is 5. The van der Waals surface area contributed by atoms with Crippen molar-refractivity contribution >= 4 is 55.2 Å². The summed E-state index contributed by atoms with van der Waals surface area (Å²) in [6.07, 6.45) is 3.44. The molecule has 9 heteroatoms. The molecule has 22 heavy (non-hydrogen) atoms. The first kappa shape index (κ1) is 13.9. The van der Waals surface area contributed by atoms with Gasteiger partial charge in [-0.15, -0.1) is 11.3 Å². The van der Waals surface area contributed by atoms with Crippen LogP contribution in [0.15, 0.2) is 44.3 Å². The van der Waals surface area contributed by atoms with E-state index >= 15 is 0 Å². The zero-order valence-electron chi connectivity index (χ0n) is 11.0. The number of pyridine rings is 1. The van der Waals surface area contributed by atoms with E-state index < -0.39 is 0 Å². The highest BCUT2D eigenvalue weighted by Gasteiger charge is 2.08. The van der Waals surface area contributed by atoms with Crippen LogP contribution in [0.2, 0.25) is 0 Å². The maximum Gasteiger partial charge on any atom is 0.258 e. The second kappa shape index (κ2) is 5.49. The van der Waals surface area contributed by atoms with Crippen LogP contribution in [0.1, 0.15) is 5.69 Å². The Balaban J connectivity index is 1.60. The normalized spacial score (nSPS) is 11.5. The van der Waals surface area contributed by atoms with Gasteiger partial charge in [0.1, 0.15) is 0 Å². The fourth-order valence-electron chi connectivity index (χ4n) is 2.02. The maximum absolute atomic E-state index is 11.9. The molecule has 0 spiro atoms. The minimum absolute atomic E-state index is 0.0583. The second-order valence-electron chi connectivity index (χ2n) is 4.50. The summed E-state index contributed by atoms with van der Waals surface area (Å²) >= 11 is 6.33. The number of imidazole rings is 1. The van der Waals surface area contributed by atoms with Gasteiger partial charge in [-0.05, 0) is 22.0 Å². The number of H-pyrrole nitrogens is 1. The number of nitrogens with one attached hydrogen (secondary N) is 1. The van der Waals surface area contributed by atoms with E-state index in [1.807, 2.05) is 11.4 Å². The van der Waals surface area contributed by atoms with Gasteiger partial charge in [0, 0.05) is 34.1 Å². The molecule has 4 rings (SSSR count). The Kier molecular flexibility index (Phi) is 3.47. The number of rotatable bonds is 3. The number of fused-ring (bicyclic) bond motifs is 2. The summed E-state index contributed by atoms with van der Waals surface area (Å²) in [7, 11) is 0. The molecule has 0 aliphatic rings. The summed E-state index contributed by atoms with van der Waals surface area (Å²) < 4.78 is 2.44. The zero-order valence-corrected chi connectivity index (χ0v) is 14.2. The predicted octanol–water partition coefficient (Wildman–Crippen LogP) is 3.08. The lowest BCUT2D eigenvalue weighted by atomic mass is 10.4. The fraction of sp³-hybridized carbons (Fsp3) is 0.0769. The minimum atomic E-state index is -0.0583. The summed E-state index contributed by atoms with van der Waals surface area (Å²) in [5.41, 5.74) is 2.23. The minimum Gasteiger partial charge on any atom is -0.331 e. The maximum atomic E-state index is 11.9. The highest BCUT2D eigenvalue weighted by molar-refractivity contribution is 9.10. The van der Waals surface area contributed by atoms with Crippen molar-refractivity contribution in [3.63, 3.8) is 0 Å². The second-order valence-corrected chi connectivity index (χ2v) is 7.25. The van der Waals surface area contributed by atoms with Gasteiger partial charge in [-0.25, -0.2) is 15.0 Å². The van der Waals surface area contributed by atoms with Gasteiger partial charge in [-0.2, -0.15) is 0 Å². The Hall–Kier alpha value is -1.71. The van der Waals surface area contributed by atoms with Gasteiger partial charge in [0.25, 0.3) is 5.56 Å². The van der Waals surface area contributed by atoms with Crippen LogP contribution in [0.5, 0.6) is 0 Å². The molecular formula is C13H8BrN5OS2. The van der Waals surface area contributed by atoms with Crippen LogP contribution in [0.25, 0.3) is 16.1 Å². The van der Waals surface area contributed by atoms with E-state index in [4.69, 9.17) is 0 Å². The summed E-state index contributed by atoms with van der Waals surface area (Å²) in [5, 5.41) is 2.61. The summed E-state index contributed by atoms with van der Waals surface area (Å²) in [6.45, 7) is 0. The van der Waals surface area contributed by atoms with Crippen LogP contribution in [0.3, 0.4) is 0 Å². The van der Waals surface area contributed by atoms with Gasteiger partial charge in [-0.1, -0.05) is 11.8 Å². The zero-order chi connectivity index (χ0) is 15.1. The molecule has 0 unspecified atom stereocenters. The van der Waals surface area contributed by atoms with E-state index in [1.54, 1.807) is 22.9 Å². The lowest BCUT2D eigenvalue weighted by Gasteiger charge is -1.99. The molecule has 110 valence electrons.